The summed E-state index contributed by atoms with van der Waals surface area (Å²) in [6.07, 6.45) is 1.15. The molecule has 0 saturated heterocycles. The lowest BCUT2D eigenvalue weighted by atomic mass is 9.63. The molecule has 0 spiro atoms. The summed E-state index contributed by atoms with van der Waals surface area (Å²) >= 11 is 0. The molecule has 0 saturated carbocycles. The van der Waals surface area contributed by atoms with Crippen molar-refractivity contribution in [2.24, 2.45) is 10.8 Å². The van der Waals surface area contributed by atoms with Gasteiger partial charge in [-0.3, -0.25) is 0 Å². The summed E-state index contributed by atoms with van der Waals surface area (Å²) < 4.78 is 0. The van der Waals surface area contributed by atoms with Gasteiger partial charge in [0.1, 0.15) is 0 Å². The predicted molar refractivity (Wildman–Crippen MR) is 167 cm³/mol. The lowest BCUT2D eigenvalue weighted by Gasteiger charge is -2.42. The van der Waals surface area contributed by atoms with E-state index in [4.69, 9.17) is 0 Å². The Hall–Kier alpha value is -1.56. The second-order valence-corrected chi connectivity index (χ2v) is 17.8. The molecule has 0 bridgehead atoms. The Bertz CT molecular complexity index is 933. The van der Waals surface area contributed by atoms with Gasteiger partial charge in [-0.25, -0.2) is 0 Å². The summed E-state index contributed by atoms with van der Waals surface area (Å²) in [7, 11) is 0. The summed E-state index contributed by atoms with van der Waals surface area (Å²) in [6.45, 7) is 40.4. The van der Waals surface area contributed by atoms with Crippen molar-refractivity contribution in [2.75, 3.05) is 0 Å². The number of benzene rings is 2. The molecule has 208 valence electrons. The van der Waals surface area contributed by atoms with Crippen LogP contribution in [-0.2, 0) is 21.7 Å². The van der Waals surface area contributed by atoms with Gasteiger partial charge in [-0.1, -0.05) is 154 Å². The van der Waals surface area contributed by atoms with Crippen LogP contribution < -0.4 is 0 Å². The Kier molecular flexibility index (Phi) is 8.45. The van der Waals surface area contributed by atoms with E-state index in [1.165, 1.54) is 33.4 Å². The van der Waals surface area contributed by atoms with Gasteiger partial charge in [-0.15, -0.1) is 0 Å². The van der Waals surface area contributed by atoms with Gasteiger partial charge < -0.3 is 0 Å². The monoisotopic (exact) mass is 504 g/mol. The molecular formula is C37H60. The van der Waals surface area contributed by atoms with E-state index in [1.54, 1.807) is 0 Å². The molecule has 2 aromatic rings. The summed E-state index contributed by atoms with van der Waals surface area (Å²) in [4.78, 5) is 0. The Balaban J connectivity index is 3.04. The molecule has 0 nitrogen and oxygen atoms in total. The second-order valence-electron chi connectivity index (χ2n) is 17.8. The Morgan fingerprint density at radius 1 is 0.405 bits per heavy atom. The highest BCUT2D eigenvalue weighted by molar-refractivity contribution is 5.47. The van der Waals surface area contributed by atoms with E-state index in [-0.39, 0.29) is 32.5 Å². The highest BCUT2D eigenvalue weighted by atomic mass is 14.4. The van der Waals surface area contributed by atoms with Crippen LogP contribution in [0.1, 0.15) is 163 Å². The molecule has 0 atom stereocenters. The number of hydrogen-bond donors (Lipinski definition) is 0. The lowest BCUT2D eigenvalue weighted by molar-refractivity contribution is 0.189. The van der Waals surface area contributed by atoms with E-state index in [0.29, 0.717) is 5.92 Å². The van der Waals surface area contributed by atoms with Gasteiger partial charge >= 0.3 is 0 Å². The standard InChI is InChI=1S/C37H60/c1-32(2,3)24-37(16,17)31(25-18-27(33(4,5)6)22-28(19-25)34(7,8)9)26-20-29(35(10,11)12)23-30(21-26)36(13,14)15/h18-23,31H,24H2,1-17H3. The van der Waals surface area contributed by atoms with Crippen molar-refractivity contribution in [3.63, 3.8) is 0 Å². The van der Waals surface area contributed by atoms with E-state index in [2.05, 4.69) is 154 Å². The molecule has 0 aliphatic rings. The molecule has 0 aliphatic carbocycles. The van der Waals surface area contributed by atoms with Crippen LogP contribution in [-0.4, -0.2) is 0 Å². The fraction of sp³-hybridized carbons (Fsp3) is 0.676. The average molecular weight is 505 g/mol. The van der Waals surface area contributed by atoms with Crippen molar-refractivity contribution < 1.29 is 0 Å². The zero-order valence-corrected chi connectivity index (χ0v) is 27.7. The third-order valence-electron chi connectivity index (χ3n) is 7.81. The van der Waals surface area contributed by atoms with E-state index in [9.17, 15) is 0 Å². The minimum atomic E-state index is 0.0789. The maximum absolute atomic E-state index is 2.53. The molecule has 2 rings (SSSR count). The first kappa shape index (κ1) is 31.7. The molecule has 0 aromatic heterocycles. The van der Waals surface area contributed by atoms with Crippen LogP contribution in [0.4, 0.5) is 0 Å². The number of hydrogen-bond acceptors (Lipinski definition) is 0. The fourth-order valence-electron chi connectivity index (χ4n) is 5.93. The van der Waals surface area contributed by atoms with Gasteiger partial charge in [0.05, 0.1) is 0 Å². The minimum Gasteiger partial charge on any atom is -0.0602 e. The number of rotatable bonds is 4. The third-order valence-corrected chi connectivity index (χ3v) is 7.81. The molecule has 2 aromatic carbocycles. The second kappa shape index (κ2) is 9.88. The summed E-state index contributed by atoms with van der Waals surface area (Å²) in [6, 6.07) is 15.1. The van der Waals surface area contributed by atoms with E-state index in [1.807, 2.05) is 0 Å². The normalized spacial score (nSPS) is 14.4. The maximum Gasteiger partial charge on any atom is 0.0141 e. The highest BCUT2D eigenvalue weighted by Gasteiger charge is 2.38. The van der Waals surface area contributed by atoms with Crippen LogP contribution in [0, 0.1) is 10.8 Å². The quantitative estimate of drug-likeness (QED) is 0.388. The average Bonchev–Trinajstić information content (AvgIpc) is 2.62. The van der Waals surface area contributed by atoms with E-state index < -0.39 is 0 Å². The molecule has 0 aliphatic heterocycles. The largest absolute Gasteiger partial charge is 0.0602 e. The molecule has 37 heavy (non-hydrogen) atoms. The van der Waals surface area contributed by atoms with Crippen molar-refractivity contribution >= 4 is 0 Å². The Labute approximate surface area is 232 Å². The van der Waals surface area contributed by atoms with Crippen LogP contribution in [0.5, 0.6) is 0 Å². The SMILES string of the molecule is CC(C)(C)CC(C)(C)C(c1cc(C(C)(C)C)cc(C(C)(C)C)c1)c1cc(C(C)(C)C)cc(C(C)(C)C)c1. The Morgan fingerprint density at radius 2 is 0.649 bits per heavy atom. The van der Waals surface area contributed by atoms with Crippen molar-refractivity contribution in [1.82, 2.24) is 0 Å². The van der Waals surface area contributed by atoms with Crippen molar-refractivity contribution in [3.05, 3.63) is 69.8 Å². The molecule has 0 N–H and O–H groups in total. The van der Waals surface area contributed by atoms with Crippen LogP contribution in [0.25, 0.3) is 0 Å². The lowest BCUT2D eigenvalue weighted by Crippen LogP contribution is -2.30. The van der Waals surface area contributed by atoms with Gasteiger partial charge in [-0.2, -0.15) is 0 Å². The molecule has 0 heteroatoms. The minimum absolute atomic E-state index is 0.0789. The molecule has 0 radical (unpaired) electrons. The summed E-state index contributed by atoms with van der Waals surface area (Å²) in [5.41, 5.74) is 9.40. The predicted octanol–water partition coefficient (Wildman–Crippen LogP) is 11.5. The van der Waals surface area contributed by atoms with E-state index in [0.717, 1.165) is 6.42 Å². The van der Waals surface area contributed by atoms with Gasteiger partial charge in [0.25, 0.3) is 0 Å². The Morgan fingerprint density at radius 3 is 0.838 bits per heavy atom. The van der Waals surface area contributed by atoms with Crippen LogP contribution in [0.15, 0.2) is 36.4 Å². The van der Waals surface area contributed by atoms with Crippen molar-refractivity contribution in [2.45, 2.75) is 152 Å². The molecule has 0 fully saturated rings. The smallest absolute Gasteiger partial charge is 0.0141 e. The van der Waals surface area contributed by atoms with Crippen LogP contribution in [0.3, 0.4) is 0 Å². The fourth-order valence-corrected chi connectivity index (χ4v) is 5.93. The highest BCUT2D eigenvalue weighted by Crippen LogP contribution is 2.50. The maximum atomic E-state index is 2.53. The summed E-state index contributed by atoms with van der Waals surface area (Å²) in [5.74, 6) is 0.304. The first-order valence-corrected chi connectivity index (χ1v) is 14.5. The summed E-state index contributed by atoms with van der Waals surface area (Å²) in [5, 5.41) is 0. The third kappa shape index (κ3) is 8.21. The van der Waals surface area contributed by atoms with Gasteiger partial charge in [0.15, 0.2) is 0 Å². The first-order chi connectivity index (χ1) is 16.2. The first-order valence-electron chi connectivity index (χ1n) is 14.5. The van der Waals surface area contributed by atoms with Crippen molar-refractivity contribution in [1.29, 1.82) is 0 Å². The molecule has 0 unspecified atom stereocenters. The molecule has 0 amide bonds. The van der Waals surface area contributed by atoms with Crippen molar-refractivity contribution in [3.8, 4) is 0 Å². The zero-order valence-electron chi connectivity index (χ0n) is 27.7. The molecular weight excluding hydrogens is 444 g/mol. The van der Waals surface area contributed by atoms with Gasteiger partial charge in [-0.05, 0) is 72.3 Å². The van der Waals surface area contributed by atoms with Crippen LogP contribution in [0.2, 0.25) is 0 Å². The molecule has 0 heterocycles. The van der Waals surface area contributed by atoms with Gasteiger partial charge in [0, 0.05) is 5.92 Å². The van der Waals surface area contributed by atoms with Crippen LogP contribution >= 0.6 is 0 Å². The zero-order chi connectivity index (χ0) is 29.0. The van der Waals surface area contributed by atoms with E-state index >= 15 is 0 Å². The van der Waals surface area contributed by atoms with Gasteiger partial charge in [0.2, 0.25) is 0 Å². The topological polar surface area (TPSA) is 0 Å².